The van der Waals surface area contributed by atoms with Gasteiger partial charge in [-0.1, -0.05) is 30.3 Å². The van der Waals surface area contributed by atoms with E-state index in [4.69, 9.17) is 10.2 Å². The van der Waals surface area contributed by atoms with Crippen molar-refractivity contribution in [1.82, 2.24) is 10.3 Å². The van der Waals surface area contributed by atoms with Crippen LogP contribution in [0.5, 0.6) is 0 Å². The van der Waals surface area contributed by atoms with Gasteiger partial charge in [-0.05, 0) is 30.5 Å². The fraction of sp³-hybridized carbons (Fsp3) is 0.250. The van der Waals surface area contributed by atoms with E-state index in [1.165, 1.54) is 23.8 Å². The SMILES string of the molecule is CC(=O)NCc1ccc(-c2csc(NC(N)=NCCCc3ccccc3)n2)o1. The molecule has 3 aromatic rings. The van der Waals surface area contributed by atoms with Gasteiger partial charge in [0.2, 0.25) is 5.91 Å². The predicted octanol–water partition coefficient (Wildman–Crippen LogP) is 3.40. The number of aliphatic imine (C=N–C) groups is 1. The minimum Gasteiger partial charge on any atom is -0.458 e. The molecule has 0 unspecified atom stereocenters. The van der Waals surface area contributed by atoms with Crippen molar-refractivity contribution in [3.05, 3.63) is 59.2 Å². The zero-order valence-corrected chi connectivity index (χ0v) is 16.5. The Bertz CT molecular complexity index is 933. The highest BCUT2D eigenvalue weighted by Gasteiger charge is 2.10. The highest BCUT2D eigenvalue weighted by atomic mass is 32.1. The third kappa shape index (κ3) is 5.95. The van der Waals surface area contributed by atoms with Crippen LogP contribution >= 0.6 is 11.3 Å². The zero-order chi connectivity index (χ0) is 19.8. The van der Waals surface area contributed by atoms with Crippen LogP contribution in [-0.2, 0) is 17.8 Å². The maximum absolute atomic E-state index is 11.0. The Hall–Kier alpha value is -3.13. The van der Waals surface area contributed by atoms with Crippen LogP contribution in [0.4, 0.5) is 5.13 Å². The number of carbonyl (C=O) groups is 1. The molecule has 0 aliphatic heterocycles. The van der Waals surface area contributed by atoms with E-state index in [1.54, 1.807) is 0 Å². The van der Waals surface area contributed by atoms with Gasteiger partial charge in [0.25, 0.3) is 0 Å². The molecule has 0 spiro atoms. The number of aryl methyl sites for hydroxylation is 1. The molecule has 0 saturated heterocycles. The molecule has 3 rings (SSSR count). The number of nitrogens with zero attached hydrogens (tertiary/aromatic N) is 2. The highest BCUT2D eigenvalue weighted by Crippen LogP contribution is 2.26. The van der Waals surface area contributed by atoms with Crippen LogP contribution in [-0.4, -0.2) is 23.4 Å². The molecule has 0 aliphatic rings. The van der Waals surface area contributed by atoms with Crippen molar-refractivity contribution >= 4 is 28.3 Å². The number of amides is 1. The van der Waals surface area contributed by atoms with E-state index < -0.39 is 0 Å². The summed E-state index contributed by atoms with van der Waals surface area (Å²) in [5, 5.41) is 8.24. The lowest BCUT2D eigenvalue weighted by Gasteiger charge is -2.02. The second kappa shape index (κ2) is 9.70. The lowest BCUT2D eigenvalue weighted by molar-refractivity contribution is -0.119. The molecule has 0 bridgehead atoms. The summed E-state index contributed by atoms with van der Waals surface area (Å²) in [6.07, 6.45) is 1.90. The molecule has 28 heavy (non-hydrogen) atoms. The second-order valence-corrected chi connectivity index (χ2v) is 7.05. The molecule has 8 heteroatoms. The minimum atomic E-state index is -0.100. The lowest BCUT2D eigenvalue weighted by Crippen LogP contribution is -2.22. The number of hydrogen-bond donors (Lipinski definition) is 3. The Morgan fingerprint density at radius 1 is 1.25 bits per heavy atom. The van der Waals surface area contributed by atoms with Crippen molar-refractivity contribution in [1.29, 1.82) is 0 Å². The van der Waals surface area contributed by atoms with Gasteiger partial charge >= 0.3 is 0 Å². The van der Waals surface area contributed by atoms with E-state index in [2.05, 4.69) is 32.7 Å². The van der Waals surface area contributed by atoms with Crippen LogP contribution < -0.4 is 16.4 Å². The quantitative estimate of drug-likeness (QED) is 0.307. The lowest BCUT2D eigenvalue weighted by atomic mass is 10.1. The molecule has 0 fully saturated rings. The van der Waals surface area contributed by atoms with E-state index in [9.17, 15) is 4.79 Å². The zero-order valence-electron chi connectivity index (χ0n) is 15.6. The molecular weight excluding hydrogens is 374 g/mol. The number of thiazole rings is 1. The fourth-order valence-corrected chi connectivity index (χ4v) is 3.25. The molecule has 0 aliphatic carbocycles. The predicted molar refractivity (Wildman–Crippen MR) is 112 cm³/mol. The van der Waals surface area contributed by atoms with E-state index in [1.807, 2.05) is 35.7 Å². The number of rotatable bonds is 8. The van der Waals surface area contributed by atoms with Gasteiger partial charge < -0.3 is 20.8 Å². The first-order valence-electron chi connectivity index (χ1n) is 9.00. The van der Waals surface area contributed by atoms with Gasteiger partial charge in [-0.15, -0.1) is 11.3 Å². The van der Waals surface area contributed by atoms with Crippen LogP contribution in [0.1, 0.15) is 24.7 Å². The number of nitrogens with two attached hydrogens (primary N) is 1. The molecule has 4 N–H and O–H groups in total. The summed E-state index contributed by atoms with van der Waals surface area (Å²) < 4.78 is 5.70. The van der Waals surface area contributed by atoms with E-state index >= 15 is 0 Å². The van der Waals surface area contributed by atoms with Gasteiger partial charge in [-0.25, -0.2) is 4.98 Å². The Morgan fingerprint density at radius 2 is 2.07 bits per heavy atom. The number of guanidine groups is 1. The largest absolute Gasteiger partial charge is 0.458 e. The van der Waals surface area contributed by atoms with Crippen molar-refractivity contribution in [2.24, 2.45) is 10.7 Å². The highest BCUT2D eigenvalue weighted by molar-refractivity contribution is 7.14. The summed E-state index contributed by atoms with van der Waals surface area (Å²) in [7, 11) is 0. The van der Waals surface area contributed by atoms with Crippen LogP contribution in [0.25, 0.3) is 11.5 Å². The maximum Gasteiger partial charge on any atom is 0.217 e. The topological polar surface area (TPSA) is 106 Å². The summed E-state index contributed by atoms with van der Waals surface area (Å²) in [4.78, 5) is 19.8. The number of carbonyl (C=O) groups excluding carboxylic acids is 1. The molecule has 2 heterocycles. The molecular formula is C20H23N5O2S. The van der Waals surface area contributed by atoms with Crippen molar-refractivity contribution < 1.29 is 9.21 Å². The van der Waals surface area contributed by atoms with Crippen LogP contribution in [0.2, 0.25) is 0 Å². The molecule has 1 aromatic carbocycles. The summed E-state index contributed by atoms with van der Waals surface area (Å²) in [6.45, 7) is 2.47. The van der Waals surface area contributed by atoms with Crippen LogP contribution in [0, 0.1) is 0 Å². The third-order valence-corrected chi connectivity index (χ3v) is 4.67. The molecule has 0 saturated carbocycles. The molecule has 146 valence electrons. The standard InChI is InChI=1S/C20H23N5O2S/c1-14(26)23-12-16-9-10-18(27-16)17-13-28-20(24-17)25-19(21)22-11-5-8-15-6-3-2-4-7-15/h2-4,6-7,9-10,13H,5,8,11-12H2,1H3,(H,23,26)(H3,21,22,24,25). The second-order valence-electron chi connectivity index (χ2n) is 6.19. The number of aromatic nitrogens is 1. The average molecular weight is 398 g/mol. The molecule has 0 atom stereocenters. The minimum absolute atomic E-state index is 0.100. The Labute approximate surface area is 167 Å². The third-order valence-electron chi connectivity index (χ3n) is 3.91. The smallest absolute Gasteiger partial charge is 0.217 e. The van der Waals surface area contributed by atoms with E-state index in [-0.39, 0.29) is 5.91 Å². The number of hydrogen-bond acceptors (Lipinski definition) is 5. The van der Waals surface area contributed by atoms with E-state index in [0.29, 0.717) is 41.4 Å². The summed E-state index contributed by atoms with van der Waals surface area (Å²) >= 11 is 1.42. The van der Waals surface area contributed by atoms with Crippen LogP contribution in [0.3, 0.4) is 0 Å². The summed E-state index contributed by atoms with van der Waals surface area (Å²) in [5.41, 5.74) is 7.95. The van der Waals surface area contributed by atoms with Crippen LogP contribution in [0.15, 0.2) is 57.3 Å². The molecule has 7 nitrogen and oxygen atoms in total. The van der Waals surface area contributed by atoms with Crippen molar-refractivity contribution in [3.63, 3.8) is 0 Å². The Kier molecular flexibility index (Phi) is 6.80. The summed E-state index contributed by atoms with van der Waals surface area (Å²) in [5.74, 6) is 1.56. The van der Waals surface area contributed by atoms with Crippen molar-refractivity contribution in [2.45, 2.75) is 26.3 Å². The van der Waals surface area contributed by atoms with Gasteiger partial charge in [0.05, 0.1) is 6.54 Å². The van der Waals surface area contributed by atoms with Gasteiger partial charge in [-0.2, -0.15) is 0 Å². The molecule has 1 amide bonds. The Balaban J connectivity index is 1.49. The first kappa shape index (κ1) is 19.6. The van der Waals surface area contributed by atoms with Crippen molar-refractivity contribution in [3.8, 4) is 11.5 Å². The maximum atomic E-state index is 11.0. The summed E-state index contributed by atoms with van der Waals surface area (Å²) in [6, 6.07) is 14.0. The fourth-order valence-electron chi connectivity index (χ4n) is 2.54. The number of anilines is 1. The molecule has 2 aromatic heterocycles. The average Bonchev–Trinajstić information content (AvgIpc) is 3.34. The number of furan rings is 1. The first-order chi connectivity index (χ1) is 13.6. The van der Waals surface area contributed by atoms with Crippen molar-refractivity contribution in [2.75, 3.05) is 11.9 Å². The molecule has 0 radical (unpaired) electrons. The van der Waals surface area contributed by atoms with Gasteiger partial charge in [0.15, 0.2) is 16.9 Å². The first-order valence-corrected chi connectivity index (χ1v) is 9.88. The number of nitrogens with one attached hydrogen (secondary N) is 2. The van der Waals surface area contributed by atoms with Gasteiger partial charge in [-0.3, -0.25) is 9.79 Å². The number of benzene rings is 1. The normalized spacial score (nSPS) is 11.4. The Morgan fingerprint density at radius 3 is 2.86 bits per heavy atom. The van der Waals surface area contributed by atoms with Gasteiger partial charge in [0, 0.05) is 18.8 Å². The van der Waals surface area contributed by atoms with E-state index in [0.717, 1.165) is 12.8 Å². The monoisotopic (exact) mass is 397 g/mol. The van der Waals surface area contributed by atoms with Gasteiger partial charge in [0.1, 0.15) is 11.5 Å².